The topological polar surface area (TPSA) is 40.5 Å². The highest BCUT2D eigenvalue weighted by Crippen LogP contribution is 2.20. The first kappa shape index (κ1) is 12.6. The second-order valence-corrected chi connectivity index (χ2v) is 4.76. The van der Waals surface area contributed by atoms with Gasteiger partial charge in [-0.2, -0.15) is 11.8 Å². The van der Waals surface area contributed by atoms with E-state index < -0.39 is 6.10 Å². The van der Waals surface area contributed by atoms with Crippen LogP contribution in [-0.4, -0.2) is 34.4 Å². The molecule has 0 saturated heterocycles. The molecule has 3 heteroatoms. The SMILES string of the molecule is C[C@@H](CSC[C@H](O)CO)c1ccccc1. The van der Waals surface area contributed by atoms with Gasteiger partial charge in [0, 0.05) is 5.75 Å². The molecule has 0 aliphatic rings. The maximum atomic E-state index is 9.17. The first-order valence-electron chi connectivity index (χ1n) is 5.15. The average molecular weight is 226 g/mol. The molecule has 15 heavy (non-hydrogen) atoms. The zero-order chi connectivity index (χ0) is 11.1. The fourth-order valence-corrected chi connectivity index (χ4v) is 2.37. The highest BCUT2D eigenvalue weighted by atomic mass is 32.2. The van der Waals surface area contributed by atoms with E-state index in [4.69, 9.17) is 5.11 Å². The third-order valence-corrected chi connectivity index (χ3v) is 3.61. The van der Waals surface area contributed by atoms with Crippen LogP contribution in [0.4, 0.5) is 0 Å². The van der Waals surface area contributed by atoms with Crippen molar-refractivity contribution in [3.8, 4) is 0 Å². The number of hydrogen-bond acceptors (Lipinski definition) is 3. The van der Waals surface area contributed by atoms with Crippen molar-refractivity contribution < 1.29 is 10.2 Å². The van der Waals surface area contributed by atoms with Crippen LogP contribution in [0.1, 0.15) is 18.4 Å². The van der Waals surface area contributed by atoms with Crippen molar-refractivity contribution in [1.82, 2.24) is 0 Å². The zero-order valence-electron chi connectivity index (χ0n) is 8.97. The minimum absolute atomic E-state index is 0.146. The van der Waals surface area contributed by atoms with Crippen LogP contribution in [0, 0.1) is 0 Å². The fourth-order valence-electron chi connectivity index (χ4n) is 1.31. The van der Waals surface area contributed by atoms with Crippen molar-refractivity contribution in [2.45, 2.75) is 18.9 Å². The van der Waals surface area contributed by atoms with Gasteiger partial charge < -0.3 is 10.2 Å². The van der Waals surface area contributed by atoms with E-state index in [1.807, 2.05) is 18.2 Å². The van der Waals surface area contributed by atoms with Crippen LogP contribution in [-0.2, 0) is 0 Å². The van der Waals surface area contributed by atoms with Gasteiger partial charge in [0.1, 0.15) is 0 Å². The van der Waals surface area contributed by atoms with Crippen molar-refractivity contribution in [2.75, 3.05) is 18.1 Å². The van der Waals surface area contributed by atoms with Gasteiger partial charge in [0.2, 0.25) is 0 Å². The van der Waals surface area contributed by atoms with Gasteiger partial charge in [0.05, 0.1) is 12.7 Å². The number of aliphatic hydroxyl groups is 2. The Morgan fingerprint density at radius 2 is 1.87 bits per heavy atom. The van der Waals surface area contributed by atoms with Crippen molar-refractivity contribution >= 4 is 11.8 Å². The average Bonchev–Trinajstić information content (AvgIpc) is 2.29. The van der Waals surface area contributed by atoms with E-state index in [0.717, 1.165) is 5.75 Å². The Morgan fingerprint density at radius 3 is 2.47 bits per heavy atom. The first-order chi connectivity index (χ1) is 7.24. The summed E-state index contributed by atoms with van der Waals surface area (Å²) < 4.78 is 0. The van der Waals surface area contributed by atoms with Crippen molar-refractivity contribution in [2.24, 2.45) is 0 Å². The Bertz CT molecular complexity index is 264. The van der Waals surface area contributed by atoms with Gasteiger partial charge in [-0.1, -0.05) is 37.3 Å². The normalized spacial score (nSPS) is 14.9. The molecule has 2 nitrogen and oxygen atoms in total. The molecule has 0 amide bonds. The van der Waals surface area contributed by atoms with Crippen LogP contribution in [0.3, 0.4) is 0 Å². The monoisotopic (exact) mass is 226 g/mol. The molecule has 0 fully saturated rings. The summed E-state index contributed by atoms with van der Waals surface area (Å²) in [4.78, 5) is 0. The van der Waals surface area contributed by atoms with E-state index in [1.54, 1.807) is 11.8 Å². The fraction of sp³-hybridized carbons (Fsp3) is 0.500. The lowest BCUT2D eigenvalue weighted by Crippen LogP contribution is -2.15. The van der Waals surface area contributed by atoms with E-state index in [0.29, 0.717) is 11.7 Å². The van der Waals surface area contributed by atoms with Crippen molar-refractivity contribution in [1.29, 1.82) is 0 Å². The summed E-state index contributed by atoms with van der Waals surface area (Å²) in [6.45, 7) is 2.03. The molecule has 0 spiro atoms. The molecular weight excluding hydrogens is 208 g/mol. The predicted octanol–water partition coefficient (Wildman–Crippen LogP) is 1.88. The van der Waals surface area contributed by atoms with E-state index in [-0.39, 0.29) is 6.61 Å². The molecule has 0 aromatic heterocycles. The summed E-state index contributed by atoms with van der Waals surface area (Å²) in [6, 6.07) is 10.3. The largest absolute Gasteiger partial charge is 0.394 e. The Labute approximate surface area is 95.3 Å². The van der Waals surface area contributed by atoms with Crippen LogP contribution < -0.4 is 0 Å². The maximum Gasteiger partial charge on any atom is 0.0861 e. The summed E-state index contributed by atoms with van der Waals surface area (Å²) in [5, 5.41) is 17.8. The van der Waals surface area contributed by atoms with E-state index in [9.17, 15) is 5.11 Å². The number of thioether (sulfide) groups is 1. The molecule has 2 N–H and O–H groups in total. The molecule has 1 aromatic rings. The standard InChI is InChI=1S/C12H18O2S/c1-10(8-15-9-12(14)7-13)11-5-3-2-4-6-11/h2-6,10,12-14H,7-9H2,1H3/t10-,12+/m0/s1. The first-order valence-corrected chi connectivity index (χ1v) is 6.31. The molecule has 0 bridgehead atoms. The Hall–Kier alpha value is -0.510. The molecule has 0 aliphatic carbocycles. The minimum Gasteiger partial charge on any atom is -0.394 e. The van der Waals surface area contributed by atoms with Gasteiger partial charge in [-0.25, -0.2) is 0 Å². The highest BCUT2D eigenvalue weighted by molar-refractivity contribution is 7.99. The van der Waals surface area contributed by atoms with E-state index in [1.165, 1.54) is 5.56 Å². The van der Waals surface area contributed by atoms with Crippen LogP contribution in [0.15, 0.2) is 30.3 Å². The Morgan fingerprint density at radius 1 is 1.20 bits per heavy atom. The molecule has 0 heterocycles. The lowest BCUT2D eigenvalue weighted by Gasteiger charge is -2.12. The number of rotatable bonds is 6. The molecule has 1 aromatic carbocycles. The Balaban J connectivity index is 2.28. The van der Waals surface area contributed by atoms with E-state index in [2.05, 4.69) is 19.1 Å². The smallest absolute Gasteiger partial charge is 0.0861 e. The summed E-state index contributed by atoms with van der Waals surface area (Å²) in [6.07, 6.45) is -0.585. The number of benzene rings is 1. The third kappa shape index (κ3) is 4.69. The lowest BCUT2D eigenvalue weighted by atomic mass is 10.0. The molecule has 84 valence electrons. The van der Waals surface area contributed by atoms with Gasteiger partial charge >= 0.3 is 0 Å². The molecule has 2 atom stereocenters. The van der Waals surface area contributed by atoms with Gasteiger partial charge in [-0.05, 0) is 17.2 Å². The summed E-state index contributed by atoms with van der Waals surface area (Å²) in [7, 11) is 0. The maximum absolute atomic E-state index is 9.17. The quantitative estimate of drug-likeness (QED) is 0.778. The number of hydrogen-bond donors (Lipinski definition) is 2. The second kappa shape index (κ2) is 6.88. The molecule has 0 unspecified atom stereocenters. The Kier molecular flexibility index (Phi) is 5.76. The van der Waals surface area contributed by atoms with Crippen LogP contribution in [0.5, 0.6) is 0 Å². The van der Waals surface area contributed by atoms with Gasteiger partial charge in [-0.3, -0.25) is 0 Å². The van der Waals surface area contributed by atoms with Gasteiger partial charge in [0.25, 0.3) is 0 Å². The lowest BCUT2D eigenvalue weighted by molar-refractivity contribution is 0.113. The molecule has 0 saturated carbocycles. The number of aliphatic hydroxyl groups excluding tert-OH is 2. The van der Waals surface area contributed by atoms with Gasteiger partial charge in [0.15, 0.2) is 0 Å². The van der Waals surface area contributed by atoms with Crippen LogP contribution in [0.25, 0.3) is 0 Å². The molecule has 0 radical (unpaired) electrons. The molecular formula is C12H18O2S. The molecule has 1 rings (SSSR count). The van der Waals surface area contributed by atoms with Crippen molar-refractivity contribution in [3.05, 3.63) is 35.9 Å². The van der Waals surface area contributed by atoms with Crippen molar-refractivity contribution in [3.63, 3.8) is 0 Å². The zero-order valence-corrected chi connectivity index (χ0v) is 9.78. The summed E-state index contributed by atoms with van der Waals surface area (Å²) >= 11 is 1.68. The predicted molar refractivity (Wildman–Crippen MR) is 65.3 cm³/mol. The van der Waals surface area contributed by atoms with Gasteiger partial charge in [-0.15, -0.1) is 0 Å². The summed E-state index contributed by atoms with van der Waals surface area (Å²) in [5.41, 5.74) is 1.32. The van der Waals surface area contributed by atoms with Crippen LogP contribution >= 0.6 is 11.8 Å². The highest BCUT2D eigenvalue weighted by Gasteiger charge is 2.07. The minimum atomic E-state index is -0.585. The second-order valence-electron chi connectivity index (χ2n) is 3.69. The summed E-state index contributed by atoms with van der Waals surface area (Å²) in [5.74, 6) is 2.07. The molecule has 0 aliphatic heterocycles. The van der Waals surface area contributed by atoms with Crippen LogP contribution in [0.2, 0.25) is 0 Å². The third-order valence-electron chi connectivity index (χ3n) is 2.26. The van der Waals surface area contributed by atoms with E-state index >= 15 is 0 Å².